The van der Waals surface area contributed by atoms with Gasteiger partial charge < -0.3 is 0 Å². The average Bonchev–Trinajstić information content (AvgIpc) is 3.81. The van der Waals surface area contributed by atoms with Crippen LogP contribution in [0.5, 0.6) is 0 Å². The van der Waals surface area contributed by atoms with Gasteiger partial charge in [-0.05, 0) is 52.5 Å². The maximum atomic E-state index is 9.36. The highest BCUT2D eigenvalue weighted by atomic mass is 32.1. The van der Waals surface area contributed by atoms with Crippen LogP contribution in [0.15, 0.2) is 164 Å². The zero-order valence-electron chi connectivity index (χ0n) is 33.2. The largest absolute Gasteiger partial charge is 0.208 e. The third-order valence-electron chi connectivity index (χ3n) is 8.88. The Bertz CT molecular complexity index is 3190. The number of hydrogen-bond donors (Lipinski definition) is 0. The van der Waals surface area contributed by atoms with Gasteiger partial charge in [0.2, 0.25) is 0 Å². The predicted octanol–water partition coefficient (Wildman–Crippen LogP) is 12.9. The molecule has 0 aliphatic carbocycles. The fraction of sp³-hybridized carbons (Fsp3) is 0. The van der Waals surface area contributed by atoms with Crippen molar-refractivity contribution in [3.8, 4) is 56.4 Å². The van der Waals surface area contributed by atoms with Crippen LogP contribution in [0.4, 0.5) is 0 Å². The summed E-state index contributed by atoms with van der Waals surface area (Å²) in [7, 11) is 0. The lowest BCUT2D eigenvalue weighted by molar-refractivity contribution is 1.08. The molecule has 10 rings (SSSR count). The molecule has 10 aromatic rings. The zero-order valence-corrected chi connectivity index (χ0v) is 27.8. The molecule has 50 heavy (non-hydrogen) atoms. The molecule has 0 aliphatic heterocycles. The highest BCUT2D eigenvalue weighted by molar-refractivity contribution is 7.26. The molecule has 0 fully saturated rings. The van der Waals surface area contributed by atoms with E-state index in [4.69, 9.17) is 23.2 Å². The van der Waals surface area contributed by atoms with E-state index < -0.39 is 0 Å². The topological polar surface area (TPSA) is 38.7 Å². The van der Waals surface area contributed by atoms with Crippen molar-refractivity contribution in [2.45, 2.75) is 0 Å². The molecule has 3 aromatic heterocycles. The van der Waals surface area contributed by atoms with Gasteiger partial charge in [-0.2, -0.15) is 0 Å². The first-order chi connectivity index (χ1) is 27.6. The average molecular weight is 681 g/mol. The van der Waals surface area contributed by atoms with Crippen molar-refractivity contribution in [1.82, 2.24) is 15.0 Å². The Labute approximate surface area is 306 Å². The van der Waals surface area contributed by atoms with Crippen LogP contribution in [0.1, 0.15) is 9.60 Å². The Morgan fingerprint density at radius 3 is 1.82 bits per heavy atom. The van der Waals surface area contributed by atoms with Crippen LogP contribution in [-0.2, 0) is 0 Å². The Hall–Kier alpha value is -6.01. The third kappa shape index (κ3) is 4.90. The quantitative estimate of drug-likeness (QED) is 0.182. The number of hydrogen-bond acceptors (Lipinski definition) is 5. The fourth-order valence-electron chi connectivity index (χ4n) is 6.56. The van der Waals surface area contributed by atoms with Gasteiger partial charge >= 0.3 is 0 Å². The van der Waals surface area contributed by atoms with Crippen LogP contribution in [0.25, 0.3) is 96.8 Å². The first-order valence-electron chi connectivity index (χ1n) is 19.5. The lowest BCUT2D eigenvalue weighted by Gasteiger charge is -2.11. The van der Waals surface area contributed by atoms with Gasteiger partial charge in [0.05, 0.1) is 9.60 Å². The molecule has 0 bridgehead atoms. The van der Waals surface area contributed by atoms with Crippen LogP contribution in [0, 0.1) is 0 Å². The van der Waals surface area contributed by atoms with Gasteiger partial charge in [-0.15, -0.1) is 22.7 Å². The standard InChI is InChI=1S/C45H27N3S2/c1-4-13-28(14-5-1)32-25-36(42-33-19-10-11-21-37(33)49-40(42)27-32)31-23-24-34-39(26-31)50-38-22-12-20-35(41(34)38)45-47-43(29-15-6-2-7-16-29)46-44(48-45)30-17-8-3-9-18-30/h1-27H/i1D,4D,5D,10D,11D,21D,27D. The molecule has 0 saturated heterocycles. The number of nitrogens with zero attached hydrogens (tertiary/aromatic N) is 3. The van der Waals surface area contributed by atoms with Crippen molar-refractivity contribution in [3.05, 3.63) is 164 Å². The lowest BCUT2D eigenvalue weighted by Crippen LogP contribution is -2.00. The minimum Gasteiger partial charge on any atom is -0.208 e. The minimum absolute atomic E-state index is 0.0530. The maximum absolute atomic E-state index is 9.36. The summed E-state index contributed by atoms with van der Waals surface area (Å²) >= 11 is 2.89. The SMILES string of the molecule is [2H]c1cc(-c2cc(-c3ccc4c(c3)sc3cccc(-c5nc(-c6ccccc6)nc(-c6ccccc6)n5)c34)c3c(sc4c([2H])c([2H])c([2H])cc43)c2[2H])cc([2H])c1[2H]. The van der Waals surface area contributed by atoms with E-state index >= 15 is 0 Å². The predicted molar refractivity (Wildman–Crippen MR) is 213 cm³/mol. The van der Waals surface area contributed by atoms with E-state index in [1.807, 2.05) is 84.9 Å². The van der Waals surface area contributed by atoms with Gasteiger partial charge in [0.25, 0.3) is 0 Å². The Kier molecular flexibility index (Phi) is 5.35. The molecule has 0 N–H and O–H groups in total. The van der Waals surface area contributed by atoms with Gasteiger partial charge in [-0.1, -0.05) is 133 Å². The molecule has 0 spiro atoms. The molecule has 0 amide bonds. The second-order valence-corrected chi connectivity index (χ2v) is 14.0. The summed E-state index contributed by atoms with van der Waals surface area (Å²) in [5.41, 5.74) is 5.24. The van der Waals surface area contributed by atoms with E-state index in [1.54, 1.807) is 17.4 Å². The van der Waals surface area contributed by atoms with Crippen LogP contribution in [-0.4, -0.2) is 15.0 Å². The van der Waals surface area contributed by atoms with Crippen molar-refractivity contribution in [2.75, 3.05) is 0 Å². The second kappa shape index (κ2) is 11.8. The summed E-state index contributed by atoms with van der Waals surface area (Å²) in [6, 6.07) is 38.2. The molecule has 7 aromatic carbocycles. The Morgan fingerprint density at radius 1 is 0.400 bits per heavy atom. The van der Waals surface area contributed by atoms with Crippen molar-refractivity contribution in [2.24, 2.45) is 0 Å². The van der Waals surface area contributed by atoms with E-state index in [0.717, 1.165) is 48.0 Å². The van der Waals surface area contributed by atoms with E-state index in [1.165, 1.54) is 23.5 Å². The van der Waals surface area contributed by atoms with Crippen LogP contribution in [0.3, 0.4) is 0 Å². The third-order valence-corrected chi connectivity index (χ3v) is 11.0. The minimum atomic E-state index is -0.183. The van der Waals surface area contributed by atoms with E-state index in [9.17, 15) is 1.37 Å². The summed E-state index contributed by atoms with van der Waals surface area (Å²) in [5.74, 6) is 1.72. The molecule has 0 unspecified atom stereocenters. The number of aromatic nitrogens is 3. The van der Waals surface area contributed by atoms with Gasteiger partial charge in [0.15, 0.2) is 17.5 Å². The van der Waals surface area contributed by atoms with Crippen molar-refractivity contribution >= 4 is 63.0 Å². The van der Waals surface area contributed by atoms with Gasteiger partial charge in [0.1, 0.15) is 0 Å². The summed E-state index contributed by atoms with van der Waals surface area (Å²) in [6.45, 7) is 0. The summed E-state index contributed by atoms with van der Waals surface area (Å²) in [4.78, 5) is 14.9. The second-order valence-electron chi connectivity index (χ2n) is 11.9. The number of rotatable bonds is 5. The van der Waals surface area contributed by atoms with Gasteiger partial charge in [0, 0.05) is 57.0 Å². The van der Waals surface area contributed by atoms with Crippen molar-refractivity contribution < 1.29 is 9.60 Å². The molecule has 234 valence electrons. The summed E-state index contributed by atoms with van der Waals surface area (Å²) in [5, 5.41) is 3.39. The molecule has 0 atom stereocenters. The summed E-state index contributed by atoms with van der Waals surface area (Å²) in [6.07, 6.45) is 0. The fourth-order valence-corrected chi connectivity index (χ4v) is 8.80. The first-order valence-corrected chi connectivity index (χ1v) is 17.7. The van der Waals surface area contributed by atoms with Crippen LogP contribution >= 0.6 is 22.7 Å². The highest BCUT2D eigenvalue weighted by Gasteiger charge is 2.19. The van der Waals surface area contributed by atoms with E-state index in [0.29, 0.717) is 48.8 Å². The molecule has 0 aliphatic rings. The summed E-state index contributed by atoms with van der Waals surface area (Å²) < 4.78 is 63.0. The van der Waals surface area contributed by atoms with E-state index in [-0.39, 0.29) is 42.3 Å². The van der Waals surface area contributed by atoms with Crippen molar-refractivity contribution in [3.63, 3.8) is 0 Å². The van der Waals surface area contributed by atoms with Gasteiger partial charge in [-0.25, -0.2) is 15.0 Å². The molecule has 3 heterocycles. The number of benzene rings is 7. The molecule has 0 saturated carbocycles. The molecule has 5 heteroatoms. The Morgan fingerprint density at radius 2 is 1.06 bits per heavy atom. The zero-order chi connectivity index (χ0) is 39.1. The lowest BCUT2D eigenvalue weighted by atomic mass is 9.94. The Balaban J connectivity index is 1.21. The number of fused-ring (bicyclic) bond motifs is 6. The van der Waals surface area contributed by atoms with Crippen LogP contribution < -0.4 is 0 Å². The normalized spacial score (nSPS) is 13.6. The first kappa shape index (κ1) is 22.6. The van der Waals surface area contributed by atoms with Crippen LogP contribution in [0.2, 0.25) is 0 Å². The maximum Gasteiger partial charge on any atom is 0.164 e. The molecule has 3 nitrogen and oxygen atoms in total. The molecular weight excluding hydrogens is 647 g/mol. The monoisotopic (exact) mass is 680 g/mol. The smallest absolute Gasteiger partial charge is 0.164 e. The molecular formula is C45H27N3S2. The molecule has 0 radical (unpaired) electrons. The van der Waals surface area contributed by atoms with Gasteiger partial charge in [-0.3, -0.25) is 0 Å². The highest BCUT2D eigenvalue weighted by Crippen LogP contribution is 2.45. The van der Waals surface area contributed by atoms with E-state index in [2.05, 4.69) is 18.2 Å². The van der Waals surface area contributed by atoms with Crippen molar-refractivity contribution in [1.29, 1.82) is 0 Å². The number of thiophene rings is 2.